The molecule has 21 heavy (non-hydrogen) atoms. The fourth-order valence-electron chi connectivity index (χ4n) is 1.37. The van der Waals surface area contributed by atoms with Gasteiger partial charge < -0.3 is 10.8 Å². The summed E-state index contributed by atoms with van der Waals surface area (Å²) in [6.45, 7) is -0.257. The second-order valence-corrected chi connectivity index (χ2v) is 6.09. The Hall–Kier alpha value is -1.65. The molecule has 0 aliphatic carbocycles. The van der Waals surface area contributed by atoms with Gasteiger partial charge in [0.15, 0.2) is 0 Å². The van der Waals surface area contributed by atoms with Crippen molar-refractivity contribution in [2.75, 3.05) is 5.75 Å². The van der Waals surface area contributed by atoms with E-state index in [4.69, 9.17) is 10.8 Å². The van der Waals surface area contributed by atoms with Crippen molar-refractivity contribution in [2.24, 2.45) is 5.73 Å². The number of benzene rings is 1. The van der Waals surface area contributed by atoms with Gasteiger partial charge in [-0.2, -0.15) is 13.2 Å². The lowest BCUT2D eigenvalue weighted by Crippen LogP contribution is -2.41. The van der Waals surface area contributed by atoms with Crippen LogP contribution in [0.2, 0.25) is 0 Å². The number of rotatable bonds is 6. The normalized spacial score (nSPS) is 13.9. The van der Waals surface area contributed by atoms with E-state index in [1.54, 1.807) is 0 Å². The molecule has 1 rings (SSSR count). The maximum atomic E-state index is 12.3. The Bertz CT molecular complexity index is 599. The zero-order valence-electron chi connectivity index (χ0n) is 10.6. The average Bonchev–Trinajstić information content (AvgIpc) is 2.35. The third-order valence-electron chi connectivity index (χ3n) is 2.49. The van der Waals surface area contributed by atoms with Crippen LogP contribution < -0.4 is 10.5 Å². The average molecular weight is 326 g/mol. The van der Waals surface area contributed by atoms with Gasteiger partial charge in [0.05, 0.1) is 11.3 Å². The Morgan fingerprint density at radius 3 is 2.24 bits per heavy atom. The first kappa shape index (κ1) is 17.4. The van der Waals surface area contributed by atoms with Crippen LogP contribution in [0.1, 0.15) is 11.1 Å². The van der Waals surface area contributed by atoms with Gasteiger partial charge in [-0.15, -0.1) is 0 Å². The van der Waals surface area contributed by atoms with E-state index in [9.17, 15) is 26.4 Å². The van der Waals surface area contributed by atoms with Gasteiger partial charge in [0, 0.05) is 6.54 Å². The number of carboxylic acids is 1. The van der Waals surface area contributed by atoms with Crippen LogP contribution in [0.15, 0.2) is 24.3 Å². The summed E-state index contributed by atoms with van der Waals surface area (Å²) < 4.78 is 62.1. The Kier molecular flexibility index (Phi) is 5.31. The molecule has 0 bridgehead atoms. The van der Waals surface area contributed by atoms with Gasteiger partial charge in [-0.1, -0.05) is 12.1 Å². The van der Waals surface area contributed by atoms with Crippen LogP contribution in [-0.4, -0.2) is 31.3 Å². The van der Waals surface area contributed by atoms with Crippen LogP contribution in [0.5, 0.6) is 0 Å². The van der Waals surface area contributed by atoms with Crippen LogP contribution >= 0.6 is 0 Å². The quantitative estimate of drug-likeness (QED) is 0.707. The van der Waals surface area contributed by atoms with E-state index in [0.717, 1.165) is 24.3 Å². The lowest BCUT2D eigenvalue weighted by atomic mass is 10.1. The molecule has 0 radical (unpaired) electrons. The molecule has 1 aromatic carbocycles. The molecule has 1 aromatic rings. The number of alkyl halides is 3. The number of hydrogen-bond acceptors (Lipinski definition) is 4. The van der Waals surface area contributed by atoms with Crippen molar-refractivity contribution in [1.82, 2.24) is 4.72 Å². The molecule has 0 aliphatic heterocycles. The van der Waals surface area contributed by atoms with E-state index in [2.05, 4.69) is 4.72 Å². The molecule has 6 nitrogen and oxygen atoms in total. The highest BCUT2D eigenvalue weighted by Crippen LogP contribution is 2.29. The molecule has 0 heterocycles. The Morgan fingerprint density at radius 2 is 1.81 bits per heavy atom. The second kappa shape index (κ2) is 6.41. The number of nitrogens with one attached hydrogen (secondary N) is 1. The van der Waals surface area contributed by atoms with Crippen LogP contribution in [0.25, 0.3) is 0 Å². The molecule has 0 aliphatic rings. The second-order valence-electron chi connectivity index (χ2n) is 4.24. The summed E-state index contributed by atoms with van der Waals surface area (Å²) in [6, 6.07) is 2.33. The number of nitrogens with two attached hydrogens (primary N) is 1. The summed E-state index contributed by atoms with van der Waals surface area (Å²) in [5.74, 6) is -2.28. The summed E-state index contributed by atoms with van der Waals surface area (Å²) in [4.78, 5) is 10.5. The number of carboxylic acid groups (broad SMARTS) is 1. The zero-order chi connectivity index (χ0) is 16.3. The predicted molar refractivity (Wildman–Crippen MR) is 67.7 cm³/mol. The van der Waals surface area contributed by atoms with Gasteiger partial charge in [0.1, 0.15) is 6.04 Å². The molecule has 0 fully saturated rings. The van der Waals surface area contributed by atoms with E-state index >= 15 is 0 Å². The Morgan fingerprint density at radius 1 is 1.29 bits per heavy atom. The molecular weight excluding hydrogens is 313 g/mol. The fraction of sp³-hybridized carbons (Fsp3) is 0.364. The van der Waals surface area contributed by atoms with E-state index in [1.807, 2.05) is 0 Å². The minimum atomic E-state index is -4.47. The van der Waals surface area contributed by atoms with E-state index in [0.29, 0.717) is 5.56 Å². The first-order chi connectivity index (χ1) is 9.51. The maximum Gasteiger partial charge on any atom is 0.416 e. The van der Waals surface area contributed by atoms with Gasteiger partial charge in [-0.05, 0) is 17.7 Å². The van der Waals surface area contributed by atoms with Gasteiger partial charge in [-0.3, -0.25) is 4.79 Å². The van der Waals surface area contributed by atoms with Crippen molar-refractivity contribution in [1.29, 1.82) is 0 Å². The van der Waals surface area contributed by atoms with Crippen LogP contribution in [0, 0.1) is 0 Å². The molecule has 0 saturated carbocycles. The Labute approximate surface area is 118 Å². The minimum Gasteiger partial charge on any atom is -0.480 e. The van der Waals surface area contributed by atoms with Crippen LogP contribution in [-0.2, 0) is 27.5 Å². The summed E-state index contributed by atoms with van der Waals surface area (Å²) in [5, 5.41) is 8.51. The van der Waals surface area contributed by atoms with Gasteiger partial charge in [0.25, 0.3) is 0 Å². The molecule has 4 N–H and O–H groups in total. The number of sulfonamides is 1. The highest BCUT2D eigenvalue weighted by molar-refractivity contribution is 7.89. The first-order valence-corrected chi connectivity index (χ1v) is 7.28. The van der Waals surface area contributed by atoms with Crippen molar-refractivity contribution in [2.45, 2.75) is 18.8 Å². The van der Waals surface area contributed by atoms with Crippen molar-refractivity contribution in [3.8, 4) is 0 Å². The lowest BCUT2D eigenvalue weighted by molar-refractivity contribution is -0.138. The molecule has 118 valence electrons. The van der Waals surface area contributed by atoms with Crippen molar-refractivity contribution in [3.05, 3.63) is 35.4 Å². The monoisotopic (exact) mass is 326 g/mol. The third-order valence-corrected chi connectivity index (χ3v) is 3.88. The predicted octanol–water partition coefficient (Wildman–Crippen LogP) is 0.537. The van der Waals surface area contributed by atoms with E-state index < -0.39 is 39.5 Å². The summed E-state index contributed by atoms with van der Waals surface area (Å²) >= 11 is 0. The highest BCUT2D eigenvalue weighted by atomic mass is 32.2. The number of carbonyl (C=O) groups is 1. The summed E-state index contributed by atoms with van der Waals surface area (Å²) in [7, 11) is -3.94. The lowest BCUT2D eigenvalue weighted by Gasteiger charge is -2.10. The zero-order valence-corrected chi connectivity index (χ0v) is 11.4. The molecule has 0 amide bonds. The Balaban J connectivity index is 2.65. The fourth-order valence-corrected chi connectivity index (χ4v) is 2.49. The molecular formula is C11H13F3N2O4S. The number of aliphatic carboxylic acids is 1. The summed E-state index contributed by atoms with van der Waals surface area (Å²) in [5.41, 5.74) is 4.55. The van der Waals surface area contributed by atoms with Crippen molar-refractivity contribution in [3.63, 3.8) is 0 Å². The van der Waals surface area contributed by atoms with Gasteiger partial charge >= 0.3 is 12.1 Å². The maximum absolute atomic E-state index is 12.3. The van der Waals surface area contributed by atoms with Crippen molar-refractivity contribution >= 4 is 16.0 Å². The van der Waals surface area contributed by atoms with E-state index in [-0.39, 0.29) is 6.54 Å². The molecule has 1 atom stereocenters. The van der Waals surface area contributed by atoms with Crippen molar-refractivity contribution < 1.29 is 31.5 Å². The first-order valence-electron chi connectivity index (χ1n) is 5.63. The highest BCUT2D eigenvalue weighted by Gasteiger charge is 2.30. The third kappa shape index (κ3) is 5.69. The molecule has 0 aromatic heterocycles. The molecule has 0 unspecified atom stereocenters. The smallest absolute Gasteiger partial charge is 0.416 e. The largest absolute Gasteiger partial charge is 0.480 e. The molecule has 10 heteroatoms. The van der Waals surface area contributed by atoms with E-state index in [1.165, 1.54) is 0 Å². The van der Waals surface area contributed by atoms with Crippen LogP contribution in [0.3, 0.4) is 0 Å². The van der Waals surface area contributed by atoms with Crippen LogP contribution in [0.4, 0.5) is 13.2 Å². The topological polar surface area (TPSA) is 109 Å². The number of hydrogen-bond donors (Lipinski definition) is 3. The molecule has 0 spiro atoms. The summed E-state index contributed by atoms with van der Waals surface area (Å²) in [6.07, 6.45) is -4.47. The van der Waals surface area contributed by atoms with Gasteiger partial charge in [-0.25, -0.2) is 13.1 Å². The SMILES string of the molecule is N[C@@H](CS(=O)(=O)NCc1ccc(C(F)(F)F)cc1)C(=O)O. The molecule has 0 saturated heterocycles. The minimum absolute atomic E-state index is 0.257. The standard InChI is InChI=1S/C11H13F3N2O4S/c12-11(13,14)8-3-1-7(2-4-8)5-16-21(19,20)6-9(15)10(17)18/h1-4,9,16H,5-6,15H2,(H,17,18)/t9-/m0/s1. The number of halogens is 3. The van der Waals surface area contributed by atoms with Gasteiger partial charge in [0.2, 0.25) is 10.0 Å².